The maximum Gasteiger partial charge on any atom is 0.124 e. The first-order chi connectivity index (χ1) is 21.2. The maximum absolute atomic E-state index is 9.50. The Kier molecular flexibility index (Phi) is 5.27. The molecule has 0 fully saturated rings. The number of thiazole rings is 2. The number of nitrogens with zero attached hydrogens (tertiary/aromatic N) is 4. The molecule has 9 aromatic rings. The first kappa shape index (κ1) is 24.3. The van der Waals surface area contributed by atoms with Gasteiger partial charge in [0.25, 0.3) is 0 Å². The van der Waals surface area contributed by atoms with Gasteiger partial charge < -0.3 is 4.57 Å². The first-order valence-corrected chi connectivity index (χ1v) is 15.6. The summed E-state index contributed by atoms with van der Waals surface area (Å²) in [6, 6.07) is 44.5. The number of fused-ring (bicyclic) bond motifs is 6. The van der Waals surface area contributed by atoms with E-state index < -0.39 is 0 Å². The normalized spacial score (nSPS) is 11.7. The van der Waals surface area contributed by atoms with Crippen LogP contribution in [0.4, 0.5) is 0 Å². The van der Waals surface area contributed by atoms with E-state index in [1.54, 1.807) is 22.7 Å². The Bertz CT molecular complexity index is 2400. The minimum atomic E-state index is 0.660. The van der Waals surface area contributed by atoms with E-state index in [1.165, 1.54) is 20.2 Å². The molecule has 4 nitrogen and oxygen atoms in total. The quantitative estimate of drug-likeness (QED) is 0.208. The van der Waals surface area contributed by atoms with Crippen LogP contribution in [0.1, 0.15) is 5.56 Å². The lowest BCUT2D eigenvalue weighted by Gasteiger charge is -2.10. The molecule has 0 saturated heterocycles. The van der Waals surface area contributed by atoms with Crippen molar-refractivity contribution in [3.05, 3.63) is 127 Å². The average Bonchev–Trinajstić information content (AvgIpc) is 3.77. The molecule has 0 aliphatic carbocycles. The van der Waals surface area contributed by atoms with Gasteiger partial charge in [0.2, 0.25) is 0 Å². The lowest BCUT2D eigenvalue weighted by atomic mass is 10.1. The number of para-hydroxylation sites is 2. The van der Waals surface area contributed by atoms with E-state index in [0.717, 1.165) is 59.7 Å². The second kappa shape index (κ2) is 9.33. The molecule has 0 N–H and O–H groups in total. The van der Waals surface area contributed by atoms with Crippen molar-refractivity contribution in [1.82, 2.24) is 14.5 Å². The van der Waals surface area contributed by atoms with Gasteiger partial charge in [-0.1, -0.05) is 36.4 Å². The third-order valence-corrected chi connectivity index (χ3v) is 10.2. The molecule has 0 bridgehead atoms. The SMILES string of the molecule is N#Cc1ccc2ccc(-n3c4ccc(-c5nc6ccccc6s5)cc4c4cc(-c5nc6ccccc6s5)ccc43)cc2c1. The number of hydrogen-bond donors (Lipinski definition) is 0. The molecule has 9 rings (SSSR count). The fourth-order valence-electron chi connectivity index (χ4n) is 6.00. The highest BCUT2D eigenvalue weighted by Crippen LogP contribution is 2.40. The zero-order valence-electron chi connectivity index (χ0n) is 22.7. The van der Waals surface area contributed by atoms with Gasteiger partial charge >= 0.3 is 0 Å². The highest BCUT2D eigenvalue weighted by Gasteiger charge is 2.17. The summed E-state index contributed by atoms with van der Waals surface area (Å²) in [6.45, 7) is 0. The summed E-state index contributed by atoms with van der Waals surface area (Å²) >= 11 is 3.44. The van der Waals surface area contributed by atoms with Crippen molar-refractivity contribution in [2.24, 2.45) is 0 Å². The van der Waals surface area contributed by atoms with Gasteiger partial charge in [-0.25, -0.2) is 9.97 Å². The van der Waals surface area contributed by atoms with E-state index in [-0.39, 0.29) is 0 Å². The van der Waals surface area contributed by atoms with Crippen LogP contribution in [0.2, 0.25) is 0 Å². The van der Waals surface area contributed by atoms with Crippen molar-refractivity contribution < 1.29 is 0 Å². The van der Waals surface area contributed by atoms with Crippen molar-refractivity contribution >= 4 is 75.7 Å². The Morgan fingerprint density at radius 1 is 0.558 bits per heavy atom. The van der Waals surface area contributed by atoms with Crippen LogP contribution in [0.15, 0.2) is 121 Å². The lowest BCUT2D eigenvalue weighted by molar-refractivity contribution is 1.19. The second-order valence-electron chi connectivity index (χ2n) is 10.6. The summed E-state index contributed by atoms with van der Waals surface area (Å²) in [5.74, 6) is 0. The molecular weight excluding hydrogens is 565 g/mol. The van der Waals surface area contributed by atoms with Crippen molar-refractivity contribution in [2.75, 3.05) is 0 Å². The van der Waals surface area contributed by atoms with Crippen molar-refractivity contribution in [3.8, 4) is 32.9 Å². The highest BCUT2D eigenvalue weighted by molar-refractivity contribution is 7.22. The van der Waals surface area contributed by atoms with Gasteiger partial charge in [-0.3, -0.25) is 0 Å². The number of nitriles is 1. The highest BCUT2D eigenvalue weighted by atomic mass is 32.1. The van der Waals surface area contributed by atoms with Gasteiger partial charge in [0.15, 0.2) is 0 Å². The van der Waals surface area contributed by atoms with Crippen LogP contribution in [0.25, 0.3) is 79.8 Å². The number of benzene rings is 6. The van der Waals surface area contributed by atoms with E-state index in [0.29, 0.717) is 5.56 Å². The third-order valence-electron chi connectivity index (χ3n) is 8.06. The molecule has 6 aromatic carbocycles. The Hall–Kier alpha value is -5.35. The molecule has 0 unspecified atom stereocenters. The van der Waals surface area contributed by atoms with Gasteiger partial charge in [0.1, 0.15) is 10.0 Å². The summed E-state index contributed by atoms with van der Waals surface area (Å²) in [4.78, 5) is 9.90. The van der Waals surface area contributed by atoms with E-state index >= 15 is 0 Å². The van der Waals surface area contributed by atoms with Crippen molar-refractivity contribution in [2.45, 2.75) is 0 Å². The fourth-order valence-corrected chi connectivity index (χ4v) is 7.93. The summed E-state index contributed by atoms with van der Waals surface area (Å²) < 4.78 is 4.70. The van der Waals surface area contributed by atoms with Crippen LogP contribution in [-0.2, 0) is 0 Å². The molecular formula is C37H20N4S2. The number of hydrogen-bond acceptors (Lipinski definition) is 5. The lowest BCUT2D eigenvalue weighted by Crippen LogP contribution is -1.94. The Labute approximate surface area is 254 Å². The smallest absolute Gasteiger partial charge is 0.124 e. The molecule has 6 heteroatoms. The van der Waals surface area contributed by atoms with E-state index in [1.807, 2.05) is 30.3 Å². The summed E-state index contributed by atoms with van der Waals surface area (Å²) in [5, 5.41) is 16.0. The third kappa shape index (κ3) is 3.87. The first-order valence-electron chi connectivity index (χ1n) is 14.0. The molecule has 0 spiro atoms. The largest absolute Gasteiger partial charge is 0.309 e. The van der Waals surface area contributed by atoms with Gasteiger partial charge in [-0.05, 0) is 95.7 Å². The molecule has 200 valence electrons. The predicted molar refractivity (Wildman–Crippen MR) is 180 cm³/mol. The fraction of sp³-hybridized carbons (Fsp3) is 0. The standard InChI is InChI=1S/C37H20N4S2/c38-21-22-9-10-23-11-14-27(18-26(23)17-22)41-32-15-12-24(36-39-30-5-1-3-7-34(30)42-36)19-28(32)29-20-25(13-16-33(29)41)37-40-31-6-2-4-8-35(31)43-37/h1-20H. The number of aromatic nitrogens is 3. The van der Waals surface area contributed by atoms with Crippen LogP contribution >= 0.6 is 22.7 Å². The Morgan fingerprint density at radius 3 is 1.72 bits per heavy atom. The molecule has 0 atom stereocenters. The monoisotopic (exact) mass is 584 g/mol. The van der Waals surface area contributed by atoms with Crippen LogP contribution in [0.5, 0.6) is 0 Å². The summed E-state index contributed by atoms with van der Waals surface area (Å²) in [5.41, 5.74) is 8.22. The minimum Gasteiger partial charge on any atom is -0.309 e. The Morgan fingerprint density at radius 2 is 1.14 bits per heavy atom. The van der Waals surface area contributed by atoms with Gasteiger partial charge in [0, 0.05) is 27.6 Å². The van der Waals surface area contributed by atoms with Gasteiger partial charge in [-0.2, -0.15) is 5.26 Å². The molecule has 3 aromatic heterocycles. The zero-order chi connectivity index (χ0) is 28.5. The van der Waals surface area contributed by atoms with E-state index in [4.69, 9.17) is 9.97 Å². The topological polar surface area (TPSA) is 54.5 Å². The van der Waals surface area contributed by atoms with Crippen LogP contribution < -0.4 is 0 Å². The molecule has 0 radical (unpaired) electrons. The second-order valence-corrected chi connectivity index (χ2v) is 12.7. The molecule has 0 aliphatic heterocycles. The summed E-state index contributed by atoms with van der Waals surface area (Å²) in [7, 11) is 0. The van der Waals surface area contributed by atoms with Crippen molar-refractivity contribution in [1.29, 1.82) is 5.26 Å². The molecule has 0 amide bonds. The van der Waals surface area contributed by atoms with E-state index in [9.17, 15) is 5.26 Å². The van der Waals surface area contributed by atoms with Crippen LogP contribution in [0.3, 0.4) is 0 Å². The molecule has 0 saturated carbocycles. The van der Waals surface area contributed by atoms with Crippen LogP contribution in [-0.4, -0.2) is 14.5 Å². The molecule has 3 heterocycles. The van der Waals surface area contributed by atoms with E-state index in [2.05, 4.69) is 102 Å². The maximum atomic E-state index is 9.50. The van der Waals surface area contributed by atoms with Gasteiger partial charge in [-0.15, -0.1) is 22.7 Å². The predicted octanol–water partition coefficient (Wildman–Crippen LogP) is 10.4. The van der Waals surface area contributed by atoms with Crippen LogP contribution in [0, 0.1) is 11.3 Å². The summed E-state index contributed by atoms with van der Waals surface area (Å²) in [6.07, 6.45) is 0. The zero-order valence-corrected chi connectivity index (χ0v) is 24.3. The average molecular weight is 585 g/mol. The molecule has 0 aliphatic rings. The van der Waals surface area contributed by atoms with Gasteiger partial charge in [0.05, 0.1) is 43.1 Å². The minimum absolute atomic E-state index is 0.660. The van der Waals surface area contributed by atoms with Crippen molar-refractivity contribution in [3.63, 3.8) is 0 Å². The molecule has 43 heavy (non-hydrogen) atoms. The Balaban J connectivity index is 1.30. The number of rotatable bonds is 3.